The fourth-order valence-corrected chi connectivity index (χ4v) is 6.06. The van der Waals surface area contributed by atoms with Crippen LogP contribution in [0.2, 0.25) is 5.02 Å². The van der Waals surface area contributed by atoms with Gasteiger partial charge in [0.2, 0.25) is 11.8 Å². The molecular weight excluding hydrogens is 598 g/mol. The summed E-state index contributed by atoms with van der Waals surface area (Å²) in [5, 5.41) is 13.9. The molecule has 17 heteroatoms. The van der Waals surface area contributed by atoms with Crippen LogP contribution in [-0.4, -0.2) is 73.8 Å². The van der Waals surface area contributed by atoms with Gasteiger partial charge in [-0.15, -0.1) is 0 Å². The fourth-order valence-electron chi connectivity index (χ4n) is 4.25. The molecule has 4 rings (SSSR count). The third kappa shape index (κ3) is 6.61. The van der Waals surface area contributed by atoms with Gasteiger partial charge in [-0.25, -0.2) is 13.9 Å². The minimum absolute atomic E-state index is 0.0806. The molecule has 3 heterocycles. The standard InChI is InChI=1S/C25H33ClFN6O8P/c1-6-37-20-17-19(30-23(28)31-20)33(13-29-17)21-25(5,27)18(34)16(40-21)12-39-42(36,32-24(3,4)22(35)38-7-2)41-15-10-8-14(26)9-11-15/h8-11,13,16,18,21,34H,6-7,12H2,1-5H3,(H,32,36)(H2,28,30,31)/t16-,18-,21-,25-,42?/m1/s1. The number of aliphatic hydroxyl groups is 1. The number of carbonyl (C=O) groups is 1. The van der Waals surface area contributed by atoms with Gasteiger partial charge >= 0.3 is 13.7 Å². The van der Waals surface area contributed by atoms with Crippen molar-refractivity contribution in [2.75, 3.05) is 25.6 Å². The summed E-state index contributed by atoms with van der Waals surface area (Å²) >= 11 is 5.94. The Labute approximate surface area is 246 Å². The quantitative estimate of drug-likeness (QED) is 0.195. The highest BCUT2D eigenvalue weighted by Gasteiger charge is 2.56. The third-order valence-corrected chi connectivity index (χ3v) is 8.33. The zero-order valence-electron chi connectivity index (χ0n) is 23.6. The van der Waals surface area contributed by atoms with E-state index in [-0.39, 0.29) is 42.0 Å². The van der Waals surface area contributed by atoms with E-state index in [0.29, 0.717) is 5.02 Å². The van der Waals surface area contributed by atoms with Crippen LogP contribution in [0.3, 0.4) is 0 Å². The van der Waals surface area contributed by atoms with E-state index in [9.17, 15) is 14.5 Å². The van der Waals surface area contributed by atoms with E-state index < -0.39 is 50.0 Å². The van der Waals surface area contributed by atoms with Crippen LogP contribution in [0.15, 0.2) is 30.6 Å². The van der Waals surface area contributed by atoms with E-state index in [1.54, 1.807) is 13.8 Å². The van der Waals surface area contributed by atoms with Gasteiger partial charge < -0.3 is 29.6 Å². The number of nitrogens with zero attached hydrogens (tertiary/aromatic N) is 4. The third-order valence-electron chi connectivity index (χ3n) is 6.31. The number of anilines is 1. The molecule has 0 radical (unpaired) electrons. The first kappa shape index (κ1) is 31.9. The Kier molecular flexibility index (Phi) is 9.31. The summed E-state index contributed by atoms with van der Waals surface area (Å²) < 4.78 is 58.9. The van der Waals surface area contributed by atoms with E-state index in [2.05, 4.69) is 20.0 Å². The van der Waals surface area contributed by atoms with Crippen molar-refractivity contribution in [2.45, 2.75) is 64.3 Å². The monoisotopic (exact) mass is 630 g/mol. The van der Waals surface area contributed by atoms with Crippen LogP contribution in [-0.2, 0) is 23.4 Å². The predicted molar refractivity (Wildman–Crippen MR) is 150 cm³/mol. The number of halogens is 2. The van der Waals surface area contributed by atoms with Crippen LogP contribution >= 0.6 is 19.3 Å². The molecule has 3 aromatic rings. The number of hydrogen-bond acceptors (Lipinski definition) is 12. The van der Waals surface area contributed by atoms with Gasteiger partial charge in [-0.2, -0.15) is 15.1 Å². The number of alkyl halides is 1. The molecular formula is C25H33ClFN6O8P. The molecule has 2 aromatic heterocycles. The van der Waals surface area contributed by atoms with Crippen LogP contribution < -0.4 is 20.1 Å². The zero-order valence-corrected chi connectivity index (χ0v) is 25.3. The minimum atomic E-state index is -4.40. The SMILES string of the molecule is CCOC(=O)C(C)(C)NP(=O)(OC[C@H]1O[C@@H](n2cnc3c(OCC)nc(N)nc32)[C@](C)(F)[C@@H]1O)Oc1ccc(Cl)cc1. The second-order valence-electron chi connectivity index (χ2n) is 10.1. The Balaban J connectivity index is 1.60. The number of nitrogens with two attached hydrogens (primary N) is 1. The number of ether oxygens (including phenoxy) is 3. The summed E-state index contributed by atoms with van der Waals surface area (Å²) in [5.74, 6) is -0.652. The van der Waals surface area contributed by atoms with Crippen molar-refractivity contribution in [3.8, 4) is 11.6 Å². The molecule has 1 saturated heterocycles. The molecule has 1 aromatic carbocycles. The molecule has 5 atom stereocenters. The molecule has 1 aliphatic heterocycles. The number of fused-ring (bicyclic) bond motifs is 1. The van der Waals surface area contributed by atoms with E-state index in [1.807, 2.05) is 0 Å². The van der Waals surface area contributed by atoms with Crippen LogP contribution in [0.4, 0.5) is 10.3 Å². The maximum atomic E-state index is 16.1. The summed E-state index contributed by atoms with van der Waals surface area (Å²) in [6.07, 6.45) is -3.29. The lowest BCUT2D eigenvalue weighted by Gasteiger charge is -2.29. The number of hydrogen-bond donors (Lipinski definition) is 3. The smallest absolute Gasteiger partial charge is 0.459 e. The summed E-state index contributed by atoms with van der Waals surface area (Å²) in [5.41, 5.74) is 2.22. The minimum Gasteiger partial charge on any atom is -0.476 e. The average Bonchev–Trinajstić information content (AvgIpc) is 3.42. The summed E-state index contributed by atoms with van der Waals surface area (Å²) in [7, 11) is -4.40. The number of nitrogen functional groups attached to an aromatic ring is 1. The second kappa shape index (κ2) is 12.3. The van der Waals surface area contributed by atoms with Crippen molar-refractivity contribution in [1.82, 2.24) is 24.6 Å². The number of esters is 1. The van der Waals surface area contributed by atoms with Crippen molar-refractivity contribution >= 4 is 42.4 Å². The molecule has 0 bridgehead atoms. The van der Waals surface area contributed by atoms with E-state index in [0.717, 1.165) is 6.92 Å². The number of aromatic nitrogens is 4. The van der Waals surface area contributed by atoms with E-state index in [1.165, 1.54) is 49.0 Å². The first-order valence-corrected chi connectivity index (χ1v) is 14.9. The molecule has 0 spiro atoms. The van der Waals surface area contributed by atoms with Crippen molar-refractivity contribution in [1.29, 1.82) is 0 Å². The Hall–Kier alpha value is -3.07. The fraction of sp³-hybridized carbons (Fsp3) is 0.520. The van der Waals surface area contributed by atoms with Gasteiger partial charge in [0.1, 0.15) is 23.5 Å². The predicted octanol–water partition coefficient (Wildman–Crippen LogP) is 3.58. The van der Waals surface area contributed by atoms with E-state index in [4.69, 9.17) is 40.6 Å². The number of carbonyl (C=O) groups excluding carboxylic acids is 1. The van der Waals surface area contributed by atoms with Crippen molar-refractivity contribution in [3.63, 3.8) is 0 Å². The topological polar surface area (TPSA) is 182 Å². The Bertz CT molecular complexity index is 1470. The van der Waals surface area contributed by atoms with Crippen molar-refractivity contribution in [2.24, 2.45) is 0 Å². The molecule has 230 valence electrons. The van der Waals surface area contributed by atoms with Crippen LogP contribution in [0.1, 0.15) is 40.8 Å². The highest BCUT2D eigenvalue weighted by molar-refractivity contribution is 7.52. The molecule has 42 heavy (non-hydrogen) atoms. The molecule has 1 unspecified atom stereocenters. The summed E-state index contributed by atoms with van der Waals surface area (Å²) in [6, 6.07) is 5.90. The number of rotatable bonds is 12. The molecule has 0 saturated carbocycles. The highest BCUT2D eigenvalue weighted by Crippen LogP contribution is 2.49. The Morgan fingerprint density at radius 1 is 1.29 bits per heavy atom. The first-order valence-electron chi connectivity index (χ1n) is 13.0. The number of imidazole rings is 1. The zero-order chi connectivity index (χ0) is 30.9. The molecule has 0 amide bonds. The van der Waals surface area contributed by atoms with Gasteiger partial charge in [0.25, 0.3) is 0 Å². The van der Waals surface area contributed by atoms with Gasteiger partial charge in [-0.1, -0.05) is 11.6 Å². The summed E-state index contributed by atoms with van der Waals surface area (Å²) in [4.78, 5) is 24.9. The van der Waals surface area contributed by atoms with Gasteiger partial charge in [0.15, 0.2) is 23.1 Å². The molecule has 0 aliphatic carbocycles. The van der Waals surface area contributed by atoms with Gasteiger partial charge in [-0.3, -0.25) is 13.9 Å². The largest absolute Gasteiger partial charge is 0.476 e. The number of aliphatic hydroxyl groups excluding tert-OH is 1. The van der Waals surface area contributed by atoms with Crippen LogP contribution in [0.25, 0.3) is 11.2 Å². The average molecular weight is 631 g/mol. The highest BCUT2D eigenvalue weighted by atomic mass is 35.5. The number of nitrogens with one attached hydrogen (secondary N) is 1. The van der Waals surface area contributed by atoms with Crippen LogP contribution in [0.5, 0.6) is 11.6 Å². The summed E-state index contributed by atoms with van der Waals surface area (Å²) in [6.45, 7) is 7.10. The normalized spacial score (nSPS) is 24.0. The van der Waals surface area contributed by atoms with Gasteiger partial charge in [0, 0.05) is 5.02 Å². The van der Waals surface area contributed by atoms with E-state index >= 15 is 4.39 Å². The lowest BCUT2D eigenvalue weighted by Crippen LogP contribution is -2.47. The molecule has 1 aliphatic rings. The second-order valence-corrected chi connectivity index (χ2v) is 12.2. The lowest BCUT2D eigenvalue weighted by atomic mass is 9.98. The lowest BCUT2D eigenvalue weighted by molar-refractivity contribution is -0.149. The van der Waals surface area contributed by atoms with Gasteiger partial charge in [-0.05, 0) is 58.9 Å². The Morgan fingerprint density at radius 2 is 1.98 bits per heavy atom. The first-order chi connectivity index (χ1) is 19.7. The maximum absolute atomic E-state index is 16.1. The Morgan fingerprint density at radius 3 is 2.62 bits per heavy atom. The molecule has 14 nitrogen and oxygen atoms in total. The van der Waals surface area contributed by atoms with Crippen molar-refractivity contribution < 1.29 is 42.1 Å². The molecule has 1 fully saturated rings. The number of benzene rings is 1. The molecule has 4 N–H and O–H groups in total. The van der Waals surface area contributed by atoms with Crippen LogP contribution in [0, 0.1) is 0 Å². The maximum Gasteiger partial charge on any atom is 0.459 e. The van der Waals surface area contributed by atoms with Gasteiger partial charge in [0.05, 0.1) is 26.1 Å². The van der Waals surface area contributed by atoms with Crippen molar-refractivity contribution in [3.05, 3.63) is 35.6 Å².